The highest BCUT2D eigenvalue weighted by Gasteiger charge is 2.16. The van der Waals surface area contributed by atoms with Crippen LogP contribution in [0.3, 0.4) is 0 Å². The number of methoxy groups -OCH3 is 1. The molecule has 4 nitrogen and oxygen atoms in total. The number of hydrogen-bond donors (Lipinski definition) is 1. The third-order valence-corrected chi connectivity index (χ3v) is 12.1. The van der Waals surface area contributed by atoms with E-state index >= 15 is 0 Å². The molecule has 1 N–H and O–H groups in total. The number of hydrogen-bond acceptors (Lipinski definition) is 4. The van der Waals surface area contributed by atoms with E-state index in [4.69, 9.17) is 4.74 Å². The van der Waals surface area contributed by atoms with Crippen molar-refractivity contribution in [3.8, 4) is 61.4 Å². The van der Waals surface area contributed by atoms with E-state index in [0.717, 1.165) is 97.6 Å². The zero-order chi connectivity index (χ0) is 45.2. The molecule has 0 radical (unpaired) electrons. The predicted octanol–water partition coefficient (Wildman–Crippen LogP) is 16.8. The van der Waals surface area contributed by atoms with Crippen LogP contribution in [0.15, 0.2) is 183 Å². The highest BCUT2D eigenvalue weighted by Crippen LogP contribution is 2.38. The van der Waals surface area contributed by atoms with E-state index in [0.29, 0.717) is 5.92 Å². The summed E-state index contributed by atoms with van der Waals surface area (Å²) in [4.78, 5) is 4.63. The number of allylic oxidation sites excluding steroid dienone is 5. The third kappa shape index (κ3) is 10.1. The molecule has 1 heterocycles. The Morgan fingerprint density at radius 2 is 1.25 bits per heavy atom. The summed E-state index contributed by atoms with van der Waals surface area (Å²) in [7, 11) is 1.69. The Morgan fingerprint density at radius 3 is 1.88 bits per heavy atom. The number of rotatable bonds is 17. The summed E-state index contributed by atoms with van der Waals surface area (Å²) in [5.74, 6) is 1.24. The molecule has 64 heavy (non-hydrogen) atoms. The average Bonchev–Trinajstić information content (AvgIpc) is 3.35. The molecule has 0 saturated heterocycles. The van der Waals surface area contributed by atoms with Crippen molar-refractivity contribution < 1.29 is 4.74 Å². The molecule has 0 bridgehead atoms. The Morgan fingerprint density at radius 1 is 0.656 bits per heavy atom. The molecule has 4 heteroatoms. The number of benzene rings is 6. The van der Waals surface area contributed by atoms with Gasteiger partial charge in [-0.1, -0.05) is 145 Å². The quantitative estimate of drug-likeness (QED) is 0.0565. The van der Waals surface area contributed by atoms with E-state index in [1.807, 2.05) is 30.5 Å². The molecule has 0 aliphatic heterocycles. The summed E-state index contributed by atoms with van der Waals surface area (Å²) in [5.41, 5.74) is 23.9. The van der Waals surface area contributed by atoms with Crippen LogP contribution in [0.5, 0.6) is 5.75 Å². The number of anilines is 1. The highest BCUT2D eigenvalue weighted by molar-refractivity contribution is 6.09. The van der Waals surface area contributed by atoms with Gasteiger partial charge in [0.25, 0.3) is 0 Å². The van der Waals surface area contributed by atoms with Crippen molar-refractivity contribution in [2.45, 2.75) is 59.8 Å². The van der Waals surface area contributed by atoms with E-state index in [1.54, 1.807) is 13.3 Å². The minimum atomic E-state index is 0.445. The molecule has 0 amide bonds. The smallest absolute Gasteiger partial charge is 0.126 e. The highest BCUT2D eigenvalue weighted by atomic mass is 16.5. The van der Waals surface area contributed by atoms with Crippen LogP contribution in [0, 0.1) is 6.92 Å². The van der Waals surface area contributed by atoms with E-state index < -0.39 is 0 Å². The topological polar surface area (TPSA) is 46.5 Å². The minimum absolute atomic E-state index is 0.445. The van der Waals surface area contributed by atoms with Crippen molar-refractivity contribution in [2.24, 2.45) is 5.10 Å². The molecule has 1 unspecified atom stereocenters. The molecular formula is C60H59N3O. The number of hydrazone groups is 1. The minimum Gasteiger partial charge on any atom is -0.496 e. The summed E-state index contributed by atoms with van der Waals surface area (Å²) in [6.45, 7) is 24.0. The molecule has 1 aromatic heterocycles. The van der Waals surface area contributed by atoms with Gasteiger partial charge in [0.2, 0.25) is 0 Å². The maximum absolute atomic E-state index is 5.66. The molecule has 0 spiro atoms. The van der Waals surface area contributed by atoms with Gasteiger partial charge in [0.15, 0.2) is 0 Å². The Labute approximate surface area is 381 Å². The largest absolute Gasteiger partial charge is 0.496 e. The Balaban J connectivity index is 1.11. The second-order valence-electron chi connectivity index (χ2n) is 16.4. The molecule has 0 aliphatic carbocycles. The Bertz CT molecular complexity index is 2890. The summed E-state index contributed by atoms with van der Waals surface area (Å²) in [6, 6.07) is 49.8. The van der Waals surface area contributed by atoms with Crippen LogP contribution in [0.2, 0.25) is 0 Å². The SMILES string of the molecule is C=C(/C=N\Nc1ccc(-c2cccc(-c3cccc(-c4ccc(C(C)CC)c(-c5cccnc5C)c4)c3)c2)cc1C(=C)CC)c1cccc(-c2ccc(OC)c(C(=C)/C=C\CC)c2)c1. The molecular weight excluding hydrogens is 779 g/mol. The summed E-state index contributed by atoms with van der Waals surface area (Å²) < 4.78 is 5.66. The van der Waals surface area contributed by atoms with Crippen molar-refractivity contribution in [1.29, 1.82) is 0 Å². The second-order valence-corrected chi connectivity index (χ2v) is 16.4. The van der Waals surface area contributed by atoms with Gasteiger partial charge >= 0.3 is 0 Å². The first-order valence-corrected chi connectivity index (χ1v) is 22.3. The van der Waals surface area contributed by atoms with E-state index in [2.05, 4.69) is 197 Å². The molecule has 320 valence electrons. The van der Waals surface area contributed by atoms with Gasteiger partial charge < -0.3 is 4.74 Å². The zero-order valence-corrected chi connectivity index (χ0v) is 38.2. The van der Waals surface area contributed by atoms with Gasteiger partial charge in [0.1, 0.15) is 5.75 Å². The molecule has 6 aromatic carbocycles. The first-order chi connectivity index (χ1) is 31.1. The number of ether oxygens (including phenoxy) is 1. The molecule has 7 rings (SSSR count). The van der Waals surface area contributed by atoms with Gasteiger partial charge in [0, 0.05) is 28.6 Å². The van der Waals surface area contributed by atoms with E-state index in [9.17, 15) is 0 Å². The van der Waals surface area contributed by atoms with Crippen LogP contribution in [-0.4, -0.2) is 18.3 Å². The number of nitrogens with one attached hydrogen (secondary N) is 1. The molecule has 0 aliphatic rings. The van der Waals surface area contributed by atoms with Gasteiger partial charge in [-0.2, -0.15) is 5.10 Å². The van der Waals surface area contributed by atoms with Crippen molar-refractivity contribution in [3.05, 3.63) is 206 Å². The maximum atomic E-state index is 5.66. The molecule has 1 atom stereocenters. The van der Waals surface area contributed by atoms with Crippen LogP contribution in [0.25, 0.3) is 72.4 Å². The van der Waals surface area contributed by atoms with E-state index in [1.165, 1.54) is 33.4 Å². The predicted molar refractivity (Wildman–Crippen MR) is 277 cm³/mol. The van der Waals surface area contributed by atoms with Gasteiger partial charge in [-0.15, -0.1) is 0 Å². The average molecular weight is 838 g/mol. The second kappa shape index (κ2) is 20.7. The van der Waals surface area contributed by atoms with Crippen LogP contribution < -0.4 is 10.2 Å². The van der Waals surface area contributed by atoms with Gasteiger partial charge in [-0.05, 0) is 165 Å². The number of aryl methyl sites for hydroxylation is 1. The van der Waals surface area contributed by atoms with Crippen LogP contribution in [0.4, 0.5) is 5.69 Å². The van der Waals surface area contributed by atoms with Crippen molar-refractivity contribution in [3.63, 3.8) is 0 Å². The number of pyridine rings is 1. The molecule has 0 saturated carbocycles. The van der Waals surface area contributed by atoms with E-state index in [-0.39, 0.29) is 0 Å². The van der Waals surface area contributed by atoms with Crippen molar-refractivity contribution in [1.82, 2.24) is 4.98 Å². The van der Waals surface area contributed by atoms with Gasteiger partial charge in [0.05, 0.1) is 19.0 Å². The maximum Gasteiger partial charge on any atom is 0.126 e. The zero-order valence-electron chi connectivity index (χ0n) is 38.2. The number of aromatic nitrogens is 1. The fourth-order valence-electron chi connectivity index (χ4n) is 8.09. The standard InChI is InChI=1S/C60H59N3O/c1-10-13-18-42(6)57-37-53(28-31-60(57)64-9)46-20-14-19-45(33-46)43(7)39-62-63-59-30-27-52(36-56(59)41(5)12-3)50-24-16-22-48(35-50)47-21-15-23-49(34-47)51-26-29-54(40(4)11-2)58(38-51)55-25-17-32-61-44(55)8/h13-40,63H,5-7,10-12H2,1-4,8-9H3/b18-13-,62-39-. The fourth-order valence-corrected chi connectivity index (χ4v) is 8.09. The monoisotopic (exact) mass is 837 g/mol. The Hall–Kier alpha value is -7.30. The summed E-state index contributed by atoms with van der Waals surface area (Å²) in [6.07, 6.45) is 10.6. The molecule has 7 aromatic rings. The van der Waals surface area contributed by atoms with Crippen LogP contribution >= 0.6 is 0 Å². The fraction of sp³-hybridized carbons (Fsp3) is 0.167. The van der Waals surface area contributed by atoms with Gasteiger partial charge in [-0.25, -0.2) is 0 Å². The summed E-state index contributed by atoms with van der Waals surface area (Å²) >= 11 is 0. The lowest BCUT2D eigenvalue weighted by atomic mass is 9.87. The van der Waals surface area contributed by atoms with Crippen molar-refractivity contribution >= 4 is 28.6 Å². The first kappa shape index (κ1) is 44.7. The van der Waals surface area contributed by atoms with Gasteiger partial charge in [-0.3, -0.25) is 10.4 Å². The van der Waals surface area contributed by atoms with Crippen molar-refractivity contribution in [2.75, 3.05) is 12.5 Å². The molecule has 0 fully saturated rings. The van der Waals surface area contributed by atoms with Crippen LogP contribution in [0.1, 0.15) is 80.8 Å². The lowest BCUT2D eigenvalue weighted by molar-refractivity contribution is 0.413. The lowest BCUT2D eigenvalue weighted by Gasteiger charge is -2.18. The third-order valence-electron chi connectivity index (χ3n) is 12.1. The normalized spacial score (nSPS) is 11.8. The number of nitrogens with zero attached hydrogens (tertiary/aromatic N) is 2. The van der Waals surface area contributed by atoms with Crippen LogP contribution in [-0.2, 0) is 0 Å². The Kier molecular flexibility index (Phi) is 14.5. The lowest BCUT2D eigenvalue weighted by Crippen LogP contribution is -1.98. The first-order valence-electron chi connectivity index (χ1n) is 22.3. The summed E-state index contributed by atoms with van der Waals surface area (Å²) in [5, 5.41) is 4.67.